The van der Waals surface area contributed by atoms with Crippen LogP contribution in [0, 0.1) is 5.92 Å². The average Bonchev–Trinajstić information content (AvgIpc) is 2.98. The van der Waals surface area contributed by atoms with E-state index in [1.54, 1.807) is 25.5 Å². The van der Waals surface area contributed by atoms with E-state index in [9.17, 15) is 4.79 Å². The van der Waals surface area contributed by atoms with E-state index in [0.717, 1.165) is 0 Å². The van der Waals surface area contributed by atoms with E-state index in [0.29, 0.717) is 11.9 Å². The highest BCUT2D eigenvalue weighted by atomic mass is 16.1. The molecule has 112 valence electrons. The predicted octanol–water partition coefficient (Wildman–Crippen LogP) is 0.0208. The lowest BCUT2D eigenvalue weighted by Crippen LogP contribution is -2.40. The Bertz CT molecular complexity index is 610. The molecule has 1 atom stereocenters. The maximum absolute atomic E-state index is 11.5. The van der Waals surface area contributed by atoms with Crippen molar-refractivity contribution in [1.82, 2.24) is 24.7 Å². The fraction of sp³-hybridized carbons (Fsp3) is 0.417. The van der Waals surface area contributed by atoms with E-state index in [1.165, 1.54) is 4.68 Å². The van der Waals surface area contributed by atoms with Crippen molar-refractivity contribution < 1.29 is 4.79 Å². The number of nitrogens with two attached hydrogens (primary N) is 1. The van der Waals surface area contributed by atoms with Crippen molar-refractivity contribution in [3.8, 4) is 5.95 Å². The first-order valence-corrected chi connectivity index (χ1v) is 6.51. The molecule has 0 saturated carbocycles. The van der Waals surface area contributed by atoms with Crippen molar-refractivity contribution in [3.05, 3.63) is 18.5 Å². The lowest BCUT2D eigenvalue weighted by molar-refractivity contribution is -0.119. The molecule has 2 rings (SSSR count). The Kier molecular flexibility index (Phi) is 4.31. The summed E-state index contributed by atoms with van der Waals surface area (Å²) in [6.07, 6.45) is 3.34. The Morgan fingerprint density at radius 2 is 2.00 bits per heavy atom. The zero-order valence-corrected chi connectivity index (χ0v) is 12.1. The van der Waals surface area contributed by atoms with Crippen molar-refractivity contribution in [2.45, 2.75) is 19.9 Å². The molecule has 2 aromatic heterocycles. The molecule has 0 aromatic carbocycles. The van der Waals surface area contributed by atoms with Crippen molar-refractivity contribution in [2.75, 3.05) is 17.7 Å². The van der Waals surface area contributed by atoms with Gasteiger partial charge in [-0.2, -0.15) is 20.1 Å². The van der Waals surface area contributed by atoms with Gasteiger partial charge in [-0.25, -0.2) is 4.68 Å². The molecule has 1 amide bonds. The number of carbonyl (C=O) groups excluding carboxylic acids is 1. The largest absolute Gasteiger partial charge is 0.368 e. The number of hydrogen-bond donors (Lipinski definition) is 3. The van der Waals surface area contributed by atoms with Gasteiger partial charge in [0.25, 0.3) is 5.95 Å². The summed E-state index contributed by atoms with van der Waals surface area (Å²) in [5, 5.41) is 9.85. The van der Waals surface area contributed by atoms with Crippen LogP contribution >= 0.6 is 0 Å². The second kappa shape index (κ2) is 6.16. The van der Waals surface area contributed by atoms with Crippen LogP contribution in [-0.2, 0) is 4.79 Å². The molecule has 2 heterocycles. The molecular weight excluding hydrogens is 272 g/mol. The number of carbonyl (C=O) groups is 1. The van der Waals surface area contributed by atoms with Crippen LogP contribution in [0.15, 0.2) is 18.5 Å². The van der Waals surface area contributed by atoms with E-state index < -0.39 is 11.9 Å². The van der Waals surface area contributed by atoms with Crippen LogP contribution in [0.4, 0.5) is 11.9 Å². The SMILES string of the molecule is CNc1nc(NC(C(N)=O)C(C)C)nc(-n2cccn2)n1. The van der Waals surface area contributed by atoms with Crippen molar-refractivity contribution in [1.29, 1.82) is 0 Å². The van der Waals surface area contributed by atoms with Crippen molar-refractivity contribution in [3.63, 3.8) is 0 Å². The molecule has 4 N–H and O–H groups in total. The third-order valence-electron chi connectivity index (χ3n) is 2.81. The Balaban J connectivity index is 2.35. The highest BCUT2D eigenvalue weighted by molar-refractivity contribution is 5.82. The molecular formula is C12H18N8O. The summed E-state index contributed by atoms with van der Waals surface area (Å²) in [5.41, 5.74) is 5.38. The molecule has 9 nitrogen and oxygen atoms in total. The lowest BCUT2D eigenvalue weighted by atomic mass is 10.0. The number of amides is 1. The highest BCUT2D eigenvalue weighted by Gasteiger charge is 2.21. The number of rotatable bonds is 6. The average molecular weight is 290 g/mol. The Labute approximate surface area is 122 Å². The summed E-state index contributed by atoms with van der Waals surface area (Å²) in [7, 11) is 1.69. The van der Waals surface area contributed by atoms with Crippen LogP contribution in [0.25, 0.3) is 5.95 Å². The molecule has 9 heteroatoms. The molecule has 0 saturated heterocycles. The van der Waals surface area contributed by atoms with E-state index in [-0.39, 0.29) is 11.9 Å². The fourth-order valence-corrected chi connectivity index (χ4v) is 1.74. The van der Waals surface area contributed by atoms with Crippen LogP contribution in [0.5, 0.6) is 0 Å². The van der Waals surface area contributed by atoms with Gasteiger partial charge in [0.1, 0.15) is 6.04 Å². The van der Waals surface area contributed by atoms with E-state index in [1.807, 2.05) is 13.8 Å². The number of nitrogens with zero attached hydrogens (tertiary/aromatic N) is 5. The molecule has 0 bridgehead atoms. The van der Waals surface area contributed by atoms with Crippen molar-refractivity contribution >= 4 is 17.8 Å². The first kappa shape index (κ1) is 14.7. The molecule has 0 aliphatic rings. The van der Waals surface area contributed by atoms with E-state index >= 15 is 0 Å². The monoisotopic (exact) mass is 290 g/mol. The molecule has 21 heavy (non-hydrogen) atoms. The zero-order valence-electron chi connectivity index (χ0n) is 12.1. The van der Waals surface area contributed by atoms with Crippen LogP contribution in [0.1, 0.15) is 13.8 Å². The number of nitrogens with one attached hydrogen (secondary N) is 2. The van der Waals surface area contributed by atoms with Gasteiger partial charge in [0, 0.05) is 19.4 Å². The van der Waals surface area contributed by atoms with Crippen LogP contribution in [0.2, 0.25) is 0 Å². The van der Waals surface area contributed by atoms with Gasteiger partial charge in [0.05, 0.1) is 0 Å². The zero-order chi connectivity index (χ0) is 15.4. The fourth-order valence-electron chi connectivity index (χ4n) is 1.74. The summed E-state index contributed by atoms with van der Waals surface area (Å²) < 4.78 is 1.50. The standard InChI is InChI=1S/C12H18N8O/c1-7(2)8(9(13)21)16-11-17-10(14-3)18-12(19-11)20-6-4-5-15-20/h4-8H,1-3H3,(H2,13,21)(H2,14,16,17,18,19). The lowest BCUT2D eigenvalue weighted by Gasteiger charge is -2.19. The second-order valence-corrected chi connectivity index (χ2v) is 4.75. The van der Waals surface area contributed by atoms with Gasteiger partial charge in [0.2, 0.25) is 17.8 Å². The smallest absolute Gasteiger partial charge is 0.257 e. The number of anilines is 2. The number of primary amides is 1. The molecule has 1 unspecified atom stereocenters. The van der Waals surface area contributed by atoms with Crippen LogP contribution in [0.3, 0.4) is 0 Å². The molecule has 0 aliphatic carbocycles. The minimum Gasteiger partial charge on any atom is -0.368 e. The minimum atomic E-state index is -0.567. The summed E-state index contributed by atoms with van der Waals surface area (Å²) in [6, 6.07) is 1.19. The van der Waals surface area contributed by atoms with Crippen LogP contribution in [-0.4, -0.2) is 43.7 Å². The Hall–Kier alpha value is -2.71. The number of aromatic nitrogens is 5. The topological polar surface area (TPSA) is 124 Å². The third kappa shape index (κ3) is 3.44. The Morgan fingerprint density at radius 3 is 2.52 bits per heavy atom. The summed E-state index contributed by atoms with van der Waals surface area (Å²) in [6.45, 7) is 3.77. The molecule has 0 spiro atoms. The van der Waals surface area contributed by atoms with Gasteiger partial charge < -0.3 is 16.4 Å². The van der Waals surface area contributed by atoms with E-state index in [2.05, 4.69) is 30.7 Å². The van der Waals surface area contributed by atoms with Gasteiger partial charge >= 0.3 is 0 Å². The normalized spacial score (nSPS) is 12.2. The summed E-state index contributed by atoms with van der Waals surface area (Å²) in [5.74, 6) is 0.513. The predicted molar refractivity (Wildman–Crippen MR) is 77.9 cm³/mol. The molecule has 0 radical (unpaired) electrons. The molecule has 2 aromatic rings. The highest BCUT2D eigenvalue weighted by Crippen LogP contribution is 2.12. The molecule has 0 fully saturated rings. The summed E-state index contributed by atoms with van der Waals surface area (Å²) in [4.78, 5) is 24.1. The summed E-state index contributed by atoms with van der Waals surface area (Å²) >= 11 is 0. The van der Waals surface area contributed by atoms with Gasteiger partial charge in [-0.05, 0) is 12.0 Å². The number of hydrogen-bond acceptors (Lipinski definition) is 7. The second-order valence-electron chi connectivity index (χ2n) is 4.75. The van der Waals surface area contributed by atoms with Crippen LogP contribution < -0.4 is 16.4 Å². The maximum Gasteiger partial charge on any atom is 0.257 e. The van der Waals surface area contributed by atoms with E-state index in [4.69, 9.17) is 5.73 Å². The maximum atomic E-state index is 11.5. The third-order valence-corrected chi connectivity index (χ3v) is 2.81. The van der Waals surface area contributed by atoms with Gasteiger partial charge in [-0.3, -0.25) is 4.79 Å². The van der Waals surface area contributed by atoms with Gasteiger partial charge in [0.15, 0.2) is 0 Å². The molecule has 0 aliphatic heterocycles. The first-order valence-electron chi connectivity index (χ1n) is 6.51. The van der Waals surface area contributed by atoms with Crippen molar-refractivity contribution in [2.24, 2.45) is 11.7 Å². The van der Waals surface area contributed by atoms with Gasteiger partial charge in [-0.15, -0.1) is 0 Å². The first-order chi connectivity index (χ1) is 10.0. The van der Waals surface area contributed by atoms with Gasteiger partial charge in [-0.1, -0.05) is 13.8 Å². The Morgan fingerprint density at radius 1 is 1.29 bits per heavy atom. The minimum absolute atomic E-state index is 0.00505. The quantitative estimate of drug-likeness (QED) is 0.685.